The van der Waals surface area contributed by atoms with Crippen molar-refractivity contribution >= 4 is 11.9 Å². The number of amides is 1. The van der Waals surface area contributed by atoms with E-state index < -0.39 is 24.0 Å². The molecule has 1 rings (SSSR count). The van der Waals surface area contributed by atoms with Gasteiger partial charge in [-0.15, -0.1) is 6.42 Å². The molecule has 1 aromatic carbocycles. The lowest BCUT2D eigenvalue weighted by molar-refractivity contribution is -0.148. The molecule has 0 aliphatic rings. The quantitative estimate of drug-likeness (QED) is 0.613. The second-order valence-electron chi connectivity index (χ2n) is 4.17. The van der Waals surface area contributed by atoms with Crippen LogP contribution in [0.3, 0.4) is 0 Å². The zero-order valence-electron chi connectivity index (χ0n) is 11.4. The molecule has 0 saturated heterocycles. The highest BCUT2D eigenvalue weighted by Crippen LogP contribution is 2.05. The summed E-state index contributed by atoms with van der Waals surface area (Å²) in [6.07, 6.45) is 4.17. The molecule has 2 atom stereocenters. The third kappa shape index (κ3) is 4.11. The minimum atomic E-state index is -1.10. The Bertz CT molecular complexity index is 514. The summed E-state index contributed by atoms with van der Waals surface area (Å²) in [7, 11) is 0. The number of carbonyl (C=O) groups excluding carboxylic acids is 2. The molecule has 0 saturated carbocycles. The number of rotatable bonds is 5. The van der Waals surface area contributed by atoms with Gasteiger partial charge in [-0.1, -0.05) is 5.92 Å². The standard InChI is InChI=1S/C15H17NO4/c1-4-11-6-8-12(9-7-11)14(18)16-13(10(3)17)15(19)20-5-2/h1,6-10,13,17H,5H2,2-3H3,(H,16,18). The number of benzene rings is 1. The molecule has 1 amide bonds. The number of aliphatic hydroxyl groups excluding tert-OH is 1. The van der Waals surface area contributed by atoms with Gasteiger partial charge in [0.05, 0.1) is 12.7 Å². The third-order valence-electron chi connectivity index (χ3n) is 2.62. The van der Waals surface area contributed by atoms with E-state index in [-0.39, 0.29) is 6.61 Å². The first-order valence-corrected chi connectivity index (χ1v) is 6.21. The van der Waals surface area contributed by atoms with Gasteiger partial charge in [0, 0.05) is 11.1 Å². The molecule has 2 unspecified atom stereocenters. The molecule has 1 aromatic rings. The van der Waals surface area contributed by atoms with E-state index in [4.69, 9.17) is 11.2 Å². The molecule has 0 bridgehead atoms. The lowest BCUT2D eigenvalue weighted by Crippen LogP contribution is -2.48. The molecule has 5 nitrogen and oxygen atoms in total. The second kappa shape index (κ2) is 7.31. The molecule has 5 heteroatoms. The predicted molar refractivity (Wildman–Crippen MR) is 73.9 cm³/mol. The Kier molecular flexibility index (Phi) is 5.75. The number of aliphatic hydroxyl groups is 1. The highest BCUT2D eigenvalue weighted by atomic mass is 16.5. The van der Waals surface area contributed by atoms with E-state index in [2.05, 4.69) is 11.2 Å². The van der Waals surface area contributed by atoms with Gasteiger partial charge in [0.25, 0.3) is 5.91 Å². The summed E-state index contributed by atoms with van der Waals surface area (Å²) in [5.74, 6) is 1.29. The number of terminal acetylenes is 1. The van der Waals surface area contributed by atoms with Gasteiger partial charge < -0.3 is 15.2 Å². The van der Waals surface area contributed by atoms with Gasteiger partial charge in [-0.2, -0.15) is 0 Å². The van der Waals surface area contributed by atoms with E-state index in [0.717, 1.165) is 0 Å². The van der Waals surface area contributed by atoms with Crippen LogP contribution in [0.2, 0.25) is 0 Å². The molecular weight excluding hydrogens is 258 g/mol. The van der Waals surface area contributed by atoms with Crippen LogP contribution in [-0.2, 0) is 9.53 Å². The summed E-state index contributed by atoms with van der Waals surface area (Å²) in [6.45, 7) is 3.23. The zero-order chi connectivity index (χ0) is 15.1. The van der Waals surface area contributed by atoms with Gasteiger partial charge in [0.2, 0.25) is 0 Å². The molecule has 2 N–H and O–H groups in total. The summed E-state index contributed by atoms with van der Waals surface area (Å²) < 4.78 is 4.80. The van der Waals surface area contributed by atoms with Crippen LogP contribution in [0.15, 0.2) is 24.3 Å². The molecule has 0 spiro atoms. The number of nitrogens with one attached hydrogen (secondary N) is 1. The first kappa shape index (κ1) is 15.7. The van der Waals surface area contributed by atoms with Crippen LogP contribution in [0.1, 0.15) is 29.8 Å². The SMILES string of the molecule is C#Cc1ccc(C(=O)NC(C(=O)OCC)C(C)O)cc1. The average molecular weight is 275 g/mol. The molecule has 0 fully saturated rings. The van der Waals surface area contributed by atoms with Crippen LogP contribution in [0, 0.1) is 12.3 Å². The van der Waals surface area contributed by atoms with Crippen molar-refractivity contribution in [2.75, 3.05) is 6.61 Å². The van der Waals surface area contributed by atoms with Crippen molar-refractivity contribution in [1.82, 2.24) is 5.32 Å². The van der Waals surface area contributed by atoms with Gasteiger partial charge in [-0.05, 0) is 38.1 Å². The Morgan fingerprint density at radius 2 is 2.00 bits per heavy atom. The number of carbonyl (C=O) groups is 2. The van der Waals surface area contributed by atoms with E-state index in [1.54, 1.807) is 31.2 Å². The van der Waals surface area contributed by atoms with Crippen molar-refractivity contribution < 1.29 is 19.4 Å². The Morgan fingerprint density at radius 1 is 1.40 bits per heavy atom. The largest absolute Gasteiger partial charge is 0.464 e. The maximum Gasteiger partial charge on any atom is 0.331 e. The minimum Gasteiger partial charge on any atom is -0.464 e. The maximum atomic E-state index is 12.0. The van der Waals surface area contributed by atoms with E-state index >= 15 is 0 Å². The summed E-state index contributed by atoms with van der Waals surface area (Å²) >= 11 is 0. The Morgan fingerprint density at radius 3 is 2.45 bits per heavy atom. The number of ether oxygens (including phenoxy) is 1. The van der Waals surface area contributed by atoms with E-state index in [9.17, 15) is 14.7 Å². The Balaban J connectivity index is 2.80. The fourth-order valence-electron chi connectivity index (χ4n) is 1.55. The van der Waals surface area contributed by atoms with Crippen LogP contribution in [0.5, 0.6) is 0 Å². The Labute approximate surface area is 117 Å². The van der Waals surface area contributed by atoms with E-state index in [1.165, 1.54) is 6.92 Å². The van der Waals surface area contributed by atoms with E-state index in [0.29, 0.717) is 11.1 Å². The van der Waals surface area contributed by atoms with Crippen molar-refractivity contribution in [2.24, 2.45) is 0 Å². The smallest absolute Gasteiger partial charge is 0.331 e. The monoisotopic (exact) mass is 275 g/mol. The molecule has 0 aliphatic heterocycles. The lowest BCUT2D eigenvalue weighted by atomic mass is 10.1. The summed E-state index contributed by atoms with van der Waals surface area (Å²) in [5, 5.41) is 12.0. The van der Waals surface area contributed by atoms with Crippen LogP contribution < -0.4 is 5.32 Å². The molecule has 20 heavy (non-hydrogen) atoms. The molecule has 0 aromatic heterocycles. The summed E-state index contributed by atoms with van der Waals surface area (Å²) in [5.41, 5.74) is 0.998. The Hall–Kier alpha value is -2.32. The molecule has 0 aliphatic carbocycles. The fourth-order valence-corrected chi connectivity index (χ4v) is 1.55. The number of hydrogen-bond donors (Lipinski definition) is 2. The molecular formula is C15H17NO4. The maximum absolute atomic E-state index is 12.0. The van der Waals surface area contributed by atoms with Gasteiger partial charge in [0.1, 0.15) is 0 Å². The van der Waals surface area contributed by atoms with Crippen molar-refractivity contribution in [3.8, 4) is 12.3 Å². The highest BCUT2D eigenvalue weighted by molar-refractivity contribution is 5.97. The van der Waals surface area contributed by atoms with Gasteiger partial charge >= 0.3 is 5.97 Å². The van der Waals surface area contributed by atoms with Crippen molar-refractivity contribution in [3.63, 3.8) is 0 Å². The molecule has 106 valence electrons. The highest BCUT2D eigenvalue weighted by Gasteiger charge is 2.27. The first-order valence-electron chi connectivity index (χ1n) is 6.21. The zero-order valence-corrected chi connectivity index (χ0v) is 11.4. The van der Waals surface area contributed by atoms with Crippen molar-refractivity contribution in [3.05, 3.63) is 35.4 Å². The van der Waals surface area contributed by atoms with E-state index in [1.807, 2.05) is 0 Å². The fraction of sp³-hybridized carbons (Fsp3) is 0.333. The van der Waals surface area contributed by atoms with Crippen molar-refractivity contribution in [2.45, 2.75) is 26.0 Å². The normalized spacial score (nSPS) is 12.9. The second-order valence-corrected chi connectivity index (χ2v) is 4.17. The van der Waals surface area contributed by atoms with Crippen LogP contribution >= 0.6 is 0 Å². The lowest BCUT2D eigenvalue weighted by Gasteiger charge is -2.19. The number of hydrogen-bond acceptors (Lipinski definition) is 4. The molecule has 0 radical (unpaired) electrons. The predicted octanol–water partition coefficient (Wildman–Crippen LogP) is 0.710. The third-order valence-corrected chi connectivity index (χ3v) is 2.62. The van der Waals surface area contributed by atoms with Gasteiger partial charge in [-0.25, -0.2) is 4.79 Å². The summed E-state index contributed by atoms with van der Waals surface area (Å²) in [6, 6.07) is 5.24. The molecule has 0 heterocycles. The number of esters is 1. The average Bonchev–Trinajstić information content (AvgIpc) is 2.44. The van der Waals surface area contributed by atoms with Gasteiger partial charge in [0.15, 0.2) is 6.04 Å². The minimum absolute atomic E-state index is 0.175. The van der Waals surface area contributed by atoms with Crippen LogP contribution in [0.4, 0.5) is 0 Å². The summed E-state index contributed by atoms with van der Waals surface area (Å²) in [4.78, 5) is 23.6. The van der Waals surface area contributed by atoms with Crippen LogP contribution in [-0.4, -0.2) is 35.7 Å². The topological polar surface area (TPSA) is 75.6 Å². The first-order chi connectivity index (χ1) is 9.49. The van der Waals surface area contributed by atoms with Crippen LogP contribution in [0.25, 0.3) is 0 Å². The van der Waals surface area contributed by atoms with Crippen molar-refractivity contribution in [1.29, 1.82) is 0 Å². The van der Waals surface area contributed by atoms with Gasteiger partial charge in [-0.3, -0.25) is 4.79 Å².